The molecule has 0 saturated carbocycles. The highest BCUT2D eigenvalue weighted by atomic mass is 35.5. The third-order valence-corrected chi connectivity index (χ3v) is 8.77. The molecule has 0 amide bonds. The van der Waals surface area contributed by atoms with Crippen LogP contribution in [0.2, 0.25) is 0 Å². The number of hydrogen-bond donors (Lipinski definition) is 7. The van der Waals surface area contributed by atoms with Crippen molar-refractivity contribution >= 4 is 20.0 Å². The molecule has 4 heterocycles. The average Bonchev–Trinajstić information content (AvgIpc) is 3.44. The highest BCUT2D eigenvalue weighted by molar-refractivity contribution is 7.53. The fourth-order valence-electron chi connectivity index (χ4n) is 4.94. The molecule has 3 fully saturated rings. The summed E-state index contributed by atoms with van der Waals surface area (Å²) in [5.41, 5.74) is -1.51. The normalized spacial score (nSPS) is 37.5. The summed E-state index contributed by atoms with van der Waals surface area (Å²) >= 11 is 0. The first-order valence-corrected chi connectivity index (χ1v) is 13.5. The minimum atomic E-state index is -3.90. The van der Waals surface area contributed by atoms with Gasteiger partial charge in [0, 0.05) is 12.3 Å². The fraction of sp³-hybridized carbons (Fsp3) is 0.800. The lowest BCUT2D eigenvalue weighted by molar-refractivity contribution is -0.200. The Morgan fingerprint density at radius 3 is 2.50 bits per heavy atom. The van der Waals surface area contributed by atoms with E-state index in [1.807, 2.05) is 4.98 Å². The van der Waals surface area contributed by atoms with Gasteiger partial charge in [-0.05, 0) is 13.3 Å². The van der Waals surface area contributed by atoms with Gasteiger partial charge in [-0.15, -0.1) is 12.4 Å². The molecule has 0 aliphatic carbocycles. The van der Waals surface area contributed by atoms with Gasteiger partial charge in [0.05, 0.1) is 56.4 Å². The first-order chi connectivity index (χ1) is 17.5. The van der Waals surface area contributed by atoms with Gasteiger partial charge < -0.3 is 44.4 Å². The van der Waals surface area contributed by atoms with E-state index in [9.17, 15) is 44.8 Å². The number of H-pyrrole nitrogens is 1. The van der Waals surface area contributed by atoms with Gasteiger partial charge in [0.2, 0.25) is 0 Å². The first kappa shape index (κ1) is 31.3. The second-order valence-electron chi connectivity index (χ2n) is 9.18. The van der Waals surface area contributed by atoms with Gasteiger partial charge in [-0.3, -0.25) is 23.7 Å². The lowest BCUT2D eigenvalue weighted by atomic mass is 10.0. The molecule has 0 bridgehead atoms. The molecule has 1 unspecified atom stereocenters. The predicted molar refractivity (Wildman–Crippen MR) is 129 cm³/mol. The highest BCUT2D eigenvalue weighted by Crippen LogP contribution is 2.52. The number of fused-ring (bicyclic) bond motifs is 1. The second-order valence-corrected chi connectivity index (χ2v) is 11.3. The molecule has 3 aliphatic rings. The number of aliphatic hydroxyl groups is 6. The molecule has 0 spiro atoms. The van der Waals surface area contributed by atoms with Crippen LogP contribution in [0.1, 0.15) is 19.6 Å². The van der Waals surface area contributed by atoms with Crippen molar-refractivity contribution in [2.24, 2.45) is 0 Å². The van der Waals surface area contributed by atoms with Crippen molar-refractivity contribution in [3.63, 3.8) is 0 Å². The first-order valence-electron chi connectivity index (χ1n) is 11.8. The monoisotopic (exact) mass is 589 g/mol. The van der Waals surface area contributed by atoms with Crippen LogP contribution in [0.25, 0.3) is 0 Å². The minimum absolute atomic E-state index is 0. The van der Waals surface area contributed by atoms with Crippen LogP contribution in [-0.4, -0.2) is 126 Å². The molecular weight excluding hydrogens is 557 g/mol. The Bertz CT molecular complexity index is 1110. The number of halogens is 1. The minimum Gasteiger partial charge on any atom is -0.394 e. The Morgan fingerprint density at radius 1 is 1.16 bits per heavy atom. The van der Waals surface area contributed by atoms with E-state index in [2.05, 4.69) is 0 Å². The highest BCUT2D eigenvalue weighted by Gasteiger charge is 2.56. The summed E-state index contributed by atoms with van der Waals surface area (Å²) in [6.45, 7) is 0.419. The average molecular weight is 590 g/mol. The van der Waals surface area contributed by atoms with E-state index in [4.69, 9.17) is 18.6 Å². The van der Waals surface area contributed by atoms with Gasteiger partial charge >= 0.3 is 13.3 Å². The molecule has 18 heteroatoms. The maximum Gasteiger partial charge on any atom is 0.333 e. The van der Waals surface area contributed by atoms with Gasteiger partial charge in [-0.2, -0.15) is 5.06 Å². The van der Waals surface area contributed by atoms with Gasteiger partial charge in [-0.1, -0.05) is 0 Å². The molecular formula is C20H33ClN3O13P. The van der Waals surface area contributed by atoms with E-state index in [0.717, 1.165) is 16.8 Å². The van der Waals surface area contributed by atoms with E-state index < -0.39 is 93.1 Å². The van der Waals surface area contributed by atoms with Crippen molar-refractivity contribution in [1.82, 2.24) is 14.6 Å². The van der Waals surface area contributed by atoms with E-state index in [1.54, 1.807) is 6.92 Å². The summed E-state index contributed by atoms with van der Waals surface area (Å²) in [5.74, 6) is 0. The largest absolute Gasteiger partial charge is 0.394 e. The third-order valence-electron chi connectivity index (χ3n) is 6.72. The second kappa shape index (κ2) is 12.5. The zero-order valence-electron chi connectivity index (χ0n) is 20.3. The lowest BCUT2D eigenvalue weighted by Crippen LogP contribution is -2.47. The molecule has 218 valence electrons. The van der Waals surface area contributed by atoms with E-state index in [0.29, 0.717) is 0 Å². The molecule has 3 aliphatic heterocycles. The van der Waals surface area contributed by atoms with Gasteiger partial charge in [0.1, 0.15) is 24.4 Å². The van der Waals surface area contributed by atoms with Crippen molar-refractivity contribution in [2.75, 3.05) is 26.0 Å². The van der Waals surface area contributed by atoms with Crippen molar-refractivity contribution in [1.29, 1.82) is 0 Å². The molecule has 4 rings (SSSR count). The summed E-state index contributed by atoms with van der Waals surface area (Å²) in [4.78, 5) is 31.1. The van der Waals surface area contributed by atoms with Crippen molar-refractivity contribution in [2.45, 2.75) is 74.4 Å². The standard InChI is InChI=1S/C20H32N3O13P.ClH/c1-2-33-37(32,8-9-5-10-15(27)17(29)14(11(25)6-24)23(10)36-9)34-7-12-16(28)18(30)19(35-12)22-4-3-13(26)21-20(22)31;/h3-4,9-12,14-19,24-25,27-30H,2,5-8H2,1H3,(H,21,26,31);1H/t9-,10-,11+,12+,14-,15-,16+,17-,18+,19+,37?;/m0./s1. The zero-order chi connectivity index (χ0) is 27.1. The number of aromatic nitrogens is 2. The Balaban J connectivity index is 0.00000400. The van der Waals surface area contributed by atoms with E-state index in [-0.39, 0.29) is 31.6 Å². The fourth-order valence-corrected chi connectivity index (χ4v) is 6.71. The van der Waals surface area contributed by atoms with Crippen molar-refractivity contribution < 1.29 is 53.8 Å². The number of nitrogens with zero attached hydrogens (tertiary/aromatic N) is 2. The van der Waals surface area contributed by atoms with Crippen LogP contribution >= 0.6 is 20.0 Å². The Labute approximate surface area is 222 Å². The van der Waals surface area contributed by atoms with Crippen LogP contribution in [0.5, 0.6) is 0 Å². The Morgan fingerprint density at radius 2 is 1.87 bits per heavy atom. The third kappa shape index (κ3) is 6.07. The van der Waals surface area contributed by atoms with Crippen LogP contribution in [-0.2, 0) is 23.2 Å². The number of hydrogen-bond acceptors (Lipinski definition) is 14. The predicted octanol–water partition coefficient (Wildman–Crippen LogP) is -3.34. The maximum absolute atomic E-state index is 13.5. The van der Waals surface area contributed by atoms with E-state index in [1.165, 1.54) is 5.06 Å². The van der Waals surface area contributed by atoms with Crippen LogP contribution in [0.3, 0.4) is 0 Å². The SMILES string of the molecule is CCOP(=O)(C[C@@H]1C[C@H]2[C@H](O)[C@@H](O)[C@H]([C@H](O)CO)N2O1)OC[C@H]1O[C@@H](n2ccc(=O)[nH]c2=O)[C@H](O)[C@@H]1O.Cl. The molecule has 3 saturated heterocycles. The molecule has 0 aromatic carbocycles. The number of ether oxygens (including phenoxy) is 1. The number of aliphatic hydroxyl groups excluding tert-OH is 6. The summed E-state index contributed by atoms with van der Waals surface area (Å²) in [7, 11) is -3.90. The molecule has 11 atom stereocenters. The van der Waals surface area contributed by atoms with Gasteiger partial charge in [-0.25, -0.2) is 4.79 Å². The van der Waals surface area contributed by atoms with Crippen LogP contribution in [0, 0.1) is 0 Å². The summed E-state index contributed by atoms with van der Waals surface area (Å²) in [6, 6.07) is -0.781. The molecule has 1 aromatic rings. The maximum atomic E-state index is 13.5. The molecule has 1 aromatic heterocycles. The zero-order valence-corrected chi connectivity index (χ0v) is 22.0. The molecule has 7 N–H and O–H groups in total. The van der Waals surface area contributed by atoms with Gasteiger partial charge in [0.25, 0.3) is 5.56 Å². The summed E-state index contributed by atoms with van der Waals surface area (Å²) < 4.78 is 30.8. The number of hydroxylamine groups is 2. The molecule has 0 radical (unpaired) electrons. The van der Waals surface area contributed by atoms with Gasteiger partial charge in [0.15, 0.2) is 6.23 Å². The number of nitrogens with one attached hydrogen (secondary N) is 1. The number of rotatable bonds is 10. The smallest absolute Gasteiger partial charge is 0.333 e. The van der Waals surface area contributed by atoms with Crippen molar-refractivity contribution in [3.8, 4) is 0 Å². The number of aromatic amines is 1. The summed E-state index contributed by atoms with van der Waals surface area (Å²) in [5, 5.41) is 61.9. The van der Waals surface area contributed by atoms with Crippen LogP contribution in [0.15, 0.2) is 21.9 Å². The van der Waals surface area contributed by atoms with Crippen LogP contribution in [0.4, 0.5) is 0 Å². The molecule has 38 heavy (non-hydrogen) atoms. The lowest BCUT2D eigenvalue weighted by Gasteiger charge is -2.28. The Kier molecular flexibility index (Phi) is 10.3. The van der Waals surface area contributed by atoms with Crippen molar-refractivity contribution in [3.05, 3.63) is 33.1 Å². The molecule has 16 nitrogen and oxygen atoms in total. The Hall–Kier alpha value is -1.24. The summed E-state index contributed by atoms with van der Waals surface area (Å²) in [6.07, 6.45) is -9.53. The quantitative estimate of drug-likeness (QED) is 0.132. The van der Waals surface area contributed by atoms with Crippen LogP contribution < -0.4 is 11.2 Å². The van der Waals surface area contributed by atoms with E-state index >= 15 is 0 Å². The topological polar surface area (TPSA) is 233 Å².